The molecule has 0 fully saturated rings. The van der Waals surface area contributed by atoms with E-state index < -0.39 is 10.8 Å². The van der Waals surface area contributed by atoms with Gasteiger partial charge in [-0.25, -0.2) is 4.98 Å². The maximum atomic E-state index is 12.0. The zero-order chi connectivity index (χ0) is 19.1. The molecule has 0 aliphatic rings. The van der Waals surface area contributed by atoms with Crippen molar-refractivity contribution in [3.63, 3.8) is 0 Å². The van der Waals surface area contributed by atoms with E-state index in [1.807, 2.05) is 0 Å². The van der Waals surface area contributed by atoms with E-state index in [4.69, 9.17) is 21.2 Å². The molecule has 2 aromatic rings. The van der Waals surface area contributed by atoms with Gasteiger partial charge in [0, 0.05) is 18.7 Å². The highest BCUT2D eigenvalue weighted by Crippen LogP contribution is 2.26. The molecule has 10 heteroatoms. The topological polar surface area (TPSA) is 116 Å². The third-order valence-corrected chi connectivity index (χ3v) is 3.54. The Morgan fingerprint density at radius 3 is 2.77 bits per heavy atom. The van der Waals surface area contributed by atoms with Crippen LogP contribution in [-0.4, -0.2) is 35.7 Å². The van der Waals surface area contributed by atoms with Crippen LogP contribution in [0.3, 0.4) is 0 Å². The molecule has 0 radical (unpaired) electrons. The molecular weight excluding hydrogens is 364 g/mol. The van der Waals surface area contributed by atoms with Gasteiger partial charge in [0.2, 0.25) is 5.88 Å². The van der Waals surface area contributed by atoms with Crippen LogP contribution in [0.15, 0.2) is 41.7 Å². The van der Waals surface area contributed by atoms with Crippen molar-refractivity contribution in [3.05, 3.63) is 62.8 Å². The first kappa shape index (κ1) is 19.1. The van der Waals surface area contributed by atoms with E-state index in [0.29, 0.717) is 11.1 Å². The lowest BCUT2D eigenvalue weighted by molar-refractivity contribution is -0.385. The number of benzene rings is 1. The van der Waals surface area contributed by atoms with Gasteiger partial charge in [0.05, 0.1) is 4.92 Å². The number of oxime groups is 1. The van der Waals surface area contributed by atoms with Gasteiger partial charge in [0.25, 0.3) is 11.6 Å². The minimum absolute atomic E-state index is 0.00812. The Morgan fingerprint density at radius 1 is 1.42 bits per heavy atom. The summed E-state index contributed by atoms with van der Waals surface area (Å²) in [5, 5.41) is 17.0. The summed E-state index contributed by atoms with van der Waals surface area (Å²) in [5.41, 5.74) is 0.976. The van der Waals surface area contributed by atoms with Crippen molar-refractivity contribution >= 4 is 28.9 Å². The molecule has 1 heterocycles. The van der Waals surface area contributed by atoms with Crippen molar-refractivity contribution in [2.24, 2.45) is 5.16 Å². The third-order valence-electron chi connectivity index (χ3n) is 3.27. The molecule has 1 N–H and O–H groups in total. The van der Waals surface area contributed by atoms with E-state index in [-0.39, 0.29) is 28.9 Å². The van der Waals surface area contributed by atoms with Crippen molar-refractivity contribution in [3.8, 4) is 5.88 Å². The normalized spacial score (nSPS) is 11.0. The summed E-state index contributed by atoms with van der Waals surface area (Å²) in [6.45, 7) is 0.0143. The lowest BCUT2D eigenvalue weighted by Crippen LogP contribution is -2.29. The Labute approximate surface area is 153 Å². The minimum atomic E-state index is -0.602. The van der Waals surface area contributed by atoms with Crippen LogP contribution in [0.25, 0.3) is 0 Å². The highest BCUT2D eigenvalue weighted by Gasteiger charge is 2.18. The molecule has 0 atom stereocenters. The van der Waals surface area contributed by atoms with Gasteiger partial charge in [-0.15, -0.1) is 0 Å². The van der Waals surface area contributed by atoms with Crippen LogP contribution < -0.4 is 10.1 Å². The number of rotatable bonds is 7. The first-order chi connectivity index (χ1) is 12.5. The molecule has 0 bridgehead atoms. The molecule has 2 rings (SSSR count). The molecule has 1 aromatic carbocycles. The van der Waals surface area contributed by atoms with Gasteiger partial charge < -0.3 is 14.9 Å². The molecule has 0 aliphatic heterocycles. The van der Waals surface area contributed by atoms with Crippen LogP contribution >= 0.6 is 11.6 Å². The van der Waals surface area contributed by atoms with E-state index in [1.165, 1.54) is 14.2 Å². The summed E-state index contributed by atoms with van der Waals surface area (Å²) in [4.78, 5) is 30.7. The third kappa shape index (κ3) is 4.45. The number of nitro groups is 1. The van der Waals surface area contributed by atoms with Crippen molar-refractivity contribution in [1.29, 1.82) is 0 Å². The van der Waals surface area contributed by atoms with Gasteiger partial charge in [-0.2, -0.15) is 0 Å². The summed E-state index contributed by atoms with van der Waals surface area (Å²) in [6.07, 6.45) is 1.05. The Morgan fingerprint density at radius 2 is 2.15 bits per heavy atom. The number of amides is 1. The Kier molecular flexibility index (Phi) is 6.45. The lowest BCUT2D eigenvalue weighted by atomic mass is 10.0. The number of halogens is 1. The summed E-state index contributed by atoms with van der Waals surface area (Å²) >= 11 is 5.96. The number of carbonyl (C=O) groups excluding carboxylic acids is 1. The largest absolute Gasteiger partial charge is 0.472 e. The van der Waals surface area contributed by atoms with Crippen LogP contribution in [0.2, 0.25) is 5.02 Å². The Hall–Kier alpha value is -3.20. The monoisotopic (exact) mass is 378 g/mol. The lowest BCUT2D eigenvalue weighted by Gasteiger charge is -2.12. The number of hydrogen-bond donors (Lipinski definition) is 1. The van der Waals surface area contributed by atoms with Crippen LogP contribution in [0, 0.1) is 10.1 Å². The predicted octanol–water partition coefficient (Wildman–Crippen LogP) is 2.32. The van der Waals surface area contributed by atoms with Crippen LogP contribution in [0.1, 0.15) is 11.1 Å². The van der Waals surface area contributed by atoms with Gasteiger partial charge in [-0.1, -0.05) is 41.0 Å². The fourth-order valence-electron chi connectivity index (χ4n) is 2.07. The van der Waals surface area contributed by atoms with Gasteiger partial charge in [0.15, 0.2) is 5.71 Å². The second-order valence-electron chi connectivity index (χ2n) is 4.89. The first-order valence-corrected chi connectivity index (χ1v) is 7.70. The summed E-state index contributed by atoms with van der Waals surface area (Å²) in [6, 6.07) is 8.09. The molecule has 1 aromatic heterocycles. The van der Waals surface area contributed by atoms with E-state index in [1.54, 1.807) is 24.3 Å². The van der Waals surface area contributed by atoms with Crippen LogP contribution in [-0.2, 0) is 16.2 Å². The number of nitrogens with zero attached hydrogens (tertiary/aromatic N) is 3. The first-order valence-electron chi connectivity index (χ1n) is 7.32. The molecule has 1 amide bonds. The van der Waals surface area contributed by atoms with Crippen molar-refractivity contribution in [2.75, 3.05) is 14.2 Å². The molecule has 0 saturated carbocycles. The molecule has 26 heavy (non-hydrogen) atoms. The van der Waals surface area contributed by atoms with E-state index in [0.717, 1.165) is 12.3 Å². The summed E-state index contributed by atoms with van der Waals surface area (Å²) in [7, 11) is 2.82. The number of carbonyl (C=O) groups is 1. The number of likely N-dealkylation sites (N-methyl/N-ethyl adjacent to an activating group) is 1. The number of nitrogens with one attached hydrogen (secondary N) is 1. The maximum Gasteiger partial charge on any atom is 0.289 e. The second kappa shape index (κ2) is 8.77. The fraction of sp³-hybridized carbons (Fsp3) is 0.188. The van der Waals surface area contributed by atoms with Crippen LogP contribution in [0.5, 0.6) is 5.88 Å². The fourth-order valence-corrected chi connectivity index (χ4v) is 2.28. The summed E-state index contributed by atoms with van der Waals surface area (Å²) < 4.78 is 5.55. The number of aromatic nitrogens is 1. The molecule has 9 nitrogen and oxygen atoms in total. The Balaban J connectivity index is 2.27. The SMILES string of the molecule is CNC(=O)C(=NOC)c1ccccc1COc1ncc([N+](=O)[O-])cc1Cl. The van der Waals surface area contributed by atoms with Gasteiger partial charge in [-0.3, -0.25) is 14.9 Å². The van der Waals surface area contributed by atoms with E-state index >= 15 is 0 Å². The molecule has 0 saturated heterocycles. The average molecular weight is 379 g/mol. The van der Waals surface area contributed by atoms with Gasteiger partial charge in [-0.05, 0) is 5.56 Å². The quantitative estimate of drug-likeness (QED) is 0.449. The van der Waals surface area contributed by atoms with E-state index in [9.17, 15) is 14.9 Å². The predicted molar refractivity (Wildman–Crippen MR) is 94.3 cm³/mol. The minimum Gasteiger partial charge on any atom is -0.472 e. The zero-order valence-electron chi connectivity index (χ0n) is 13.9. The number of ether oxygens (including phenoxy) is 1. The maximum absolute atomic E-state index is 12.0. The number of pyridine rings is 1. The van der Waals surface area contributed by atoms with Gasteiger partial charge in [0.1, 0.15) is 24.9 Å². The molecular formula is C16H15ClN4O5. The van der Waals surface area contributed by atoms with E-state index in [2.05, 4.69) is 15.5 Å². The second-order valence-corrected chi connectivity index (χ2v) is 5.29. The van der Waals surface area contributed by atoms with Crippen molar-refractivity contribution in [2.45, 2.75) is 6.61 Å². The molecule has 136 valence electrons. The number of hydrogen-bond acceptors (Lipinski definition) is 7. The standard InChI is InChI=1S/C16H15ClN4O5/c1-18-15(22)14(20-25-2)12-6-4-3-5-10(12)9-26-16-13(17)7-11(8-19-16)21(23)24/h3-8H,9H2,1-2H3,(H,18,22). The zero-order valence-corrected chi connectivity index (χ0v) is 14.7. The highest BCUT2D eigenvalue weighted by molar-refractivity contribution is 6.45. The molecule has 0 spiro atoms. The Bertz CT molecular complexity index is 856. The highest BCUT2D eigenvalue weighted by atomic mass is 35.5. The summed E-state index contributed by atoms with van der Waals surface area (Å²) in [5.74, 6) is -0.386. The van der Waals surface area contributed by atoms with Crippen LogP contribution in [0.4, 0.5) is 5.69 Å². The molecule has 0 aliphatic carbocycles. The van der Waals surface area contributed by atoms with Crippen molar-refractivity contribution < 1.29 is 19.3 Å². The van der Waals surface area contributed by atoms with Gasteiger partial charge >= 0.3 is 0 Å². The average Bonchev–Trinajstić information content (AvgIpc) is 2.64. The smallest absolute Gasteiger partial charge is 0.289 e. The molecule has 0 unspecified atom stereocenters. The van der Waals surface area contributed by atoms with Crippen molar-refractivity contribution in [1.82, 2.24) is 10.3 Å².